The van der Waals surface area contributed by atoms with Crippen LogP contribution < -0.4 is 10.6 Å². The van der Waals surface area contributed by atoms with Crippen LogP contribution in [0.1, 0.15) is 23.6 Å². The number of benzene rings is 2. The smallest absolute Gasteiger partial charge is 0.239 e. The van der Waals surface area contributed by atoms with Crippen molar-refractivity contribution < 1.29 is 9.90 Å². The molecule has 0 saturated heterocycles. The molecule has 0 heterocycles. The molecule has 4 heteroatoms. The van der Waals surface area contributed by atoms with Gasteiger partial charge in [0.2, 0.25) is 5.91 Å². The van der Waals surface area contributed by atoms with E-state index in [1.54, 1.807) is 6.92 Å². The summed E-state index contributed by atoms with van der Waals surface area (Å²) in [7, 11) is 0. The second-order valence-corrected chi connectivity index (χ2v) is 6.04. The number of amides is 1. The van der Waals surface area contributed by atoms with Gasteiger partial charge < -0.3 is 15.7 Å². The lowest BCUT2D eigenvalue weighted by atomic mass is 9.96. The molecule has 0 radical (unpaired) electrons. The highest BCUT2D eigenvalue weighted by atomic mass is 16.3. The van der Waals surface area contributed by atoms with Crippen LogP contribution in [-0.4, -0.2) is 24.1 Å². The van der Waals surface area contributed by atoms with Crippen molar-refractivity contribution in [3.8, 4) is 0 Å². The average molecular weight is 312 g/mol. The molecule has 2 aromatic rings. The summed E-state index contributed by atoms with van der Waals surface area (Å²) in [6, 6.07) is 15.3. The Kier molecular flexibility index (Phi) is 5.40. The number of anilines is 1. The summed E-state index contributed by atoms with van der Waals surface area (Å²) >= 11 is 0. The number of aryl methyl sites for hydroxylation is 2. The summed E-state index contributed by atoms with van der Waals surface area (Å²) in [5.41, 5.74) is 2.89. The second-order valence-electron chi connectivity index (χ2n) is 6.04. The Bertz CT molecular complexity index is 646. The van der Waals surface area contributed by atoms with Crippen LogP contribution in [0.3, 0.4) is 0 Å². The van der Waals surface area contributed by atoms with Gasteiger partial charge in [-0.25, -0.2) is 0 Å². The van der Waals surface area contributed by atoms with E-state index in [0.29, 0.717) is 0 Å². The molecule has 0 aliphatic carbocycles. The van der Waals surface area contributed by atoms with Crippen molar-refractivity contribution in [2.75, 3.05) is 18.4 Å². The zero-order valence-corrected chi connectivity index (χ0v) is 13.9. The number of hydrogen-bond acceptors (Lipinski definition) is 3. The number of hydrogen-bond donors (Lipinski definition) is 3. The second kappa shape index (κ2) is 7.29. The molecular formula is C19H24N2O2. The summed E-state index contributed by atoms with van der Waals surface area (Å²) in [5.74, 6) is -0.149. The van der Waals surface area contributed by atoms with Gasteiger partial charge in [0.15, 0.2) is 0 Å². The lowest BCUT2D eigenvalue weighted by Crippen LogP contribution is -2.40. The first-order chi connectivity index (χ1) is 10.9. The molecule has 1 atom stereocenters. The summed E-state index contributed by atoms with van der Waals surface area (Å²) in [4.78, 5) is 12.0. The van der Waals surface area contributed by atoms with E-state index in [4.69, 9.17) is 0 Å². The summed E-state index contributed by atoms with van der Waals surface area (Å²) < 4.78 is 0. The van der Waals surface area contributed by atoms with E-state index in [1.807, 2.05) is 62.4 Å². The van der Waals surface area contributed by atoms with Crippen LogP contribution in [-0.2, 0) is 10.4 Å². The Morgan fingerprint density at radius 1 is 1.04 bits per heavy atom. The minimum absolute atomic E-state index is 0.149. The number of nitrogens with one attached hydrogen (secondary N) is 2. The normalized spacial score (nSPS) is 13.2. The predicted molar refractivity (Wildman–Crippen MR) is 93.4 cm³/mol. The summed E-state index contributed by atoms with van der Waals surface area (Å²) in [6.07, 6.45) is 0. The maximum atomic E-state index is 12.0. The molecular weight excluding hydrogens is 288 g/mol. The Hall–Kier alpha value is -2.33. The Morgan fingerprint density at radius 2 is 1.65 bits per heavy atom. The number of carbonyl (C=O) groups excluding carboxylic acids is 1. The minimum Gasteiger partial charge on any atom is -0.384 e. The van der Waals surface area contributed by atoms with Gasteiger partial charge in [-0.3, -0.25) is 4.79 Å². The molecule has 2 aromatic carbocycles. The van der Waals surface area contributed by atoms with Gasteiger partial charge >= 0.3 is 0 Å². The summed E-state index contributed by atoms with van der Waals surface area (Å²) in [5, 5.41) is 16.4. The van der Waals surface area contributed by atoms with Crippen molar-refractivity contribution >= 4 is 11.6 Å². The molecule has 0 saturated carbocycles. The van der Waals surface area contributed by atoms with Crippen molar-refractivity contribution in [3.63, 3.8) is 0 Å². The molecule has 1 unspecified atom stereocenters. The third-order valence-corrected chi connectivity index (χ3v) is 3.93. The highest BCUT2D eigenvalue weighted by Gasteiger charge is 2.23. The van der Waals surface area contributed by atoms with E-state index in [0.717, 1.165) is 22.4 Å². The number of para-hydroxylation sites is 1. The zero-order chi connectivity index (χ0) is 16.9. The van der Waals surface area contributed by atoms with Crippen LogP contribution >= 0.6 is 0 Å². The monoisotopic (exact) mass is 312 g/mol. The minimum atomic E-state index is -1.09. The van der Waals surface area contributed by atoms with Crippen LogP contribution in [0.2, 0.25) is 0 Å². The van der Waals surface area contributed by atoms with Crippen molar-refractivity contribution in [1.29, 1.82) is 0 Å². The number of carbonyl (C=O) groups is 1. The lowest BCUT2D eigenvalue weighted by Gasteiger charge is -2.24. The van der Waals surface area contributed by atoms with E-state index < -0.39 is 5.60 Å². The van der Waals surface area contributed by atoms with Crippen LogP contribution in [0.4, 0.5) is 5.69 Å². The number of rotatable bonds is 6. The van der Waals surface area contributed by atoms with Crippen LogP contribution in [0.15, 0.2) is 48.5 Å². The van der Waals surface area contributed by atoms with Gasteiger partial charge in [-0.05, 0) is 37.5 Å². The van der Waals surface area contributed by atoms with Gasteiger partial charge in [0.1, 0.15) is 5.60 Å². The average Bonchev–Trinajstić information content (AvgIpc) is 2.53. The van der Waals surface area contributed by atoms with Crippen molar-refractivity contribution in [2.24, 2.45) is 0 Å². The fraction of sp³-hybridized carbons (Fsp3) is 0.316. The van der Waals surface area contributed by atoms with Crippen LogP contribution in [0.5, 0.6) is 0 Å². The molecule has 2 rings (SSSR count). The van der Waals surface area contributed by atoms with E-state index in [2.05, 4.69) is 10.6 Å². The molecule has 122 valence electrons. The molecule has 4 nitrogen and oxygen atoms in total. The predicted octanol–water partition coefficient (Wildman–Crippen LogP) is 2.74. The van der Waals surface area contributed by atoms with Gasteiger partial charge in [-0.1, -0.05) is 48.5 Å². The Morgan fingerprint density at radius 3 is 2.26 bits per heavy atom. The molecule has 0 bridgehead atoms. The Balaban J connectivity index is 1.88. The first kappa shape index (κ1) is 17.0. The van der Waals surface area contributed by atoms with Gasteiger partial charge in [0.05, 0.1) is 13.1 Å². The molecule has 0 spiro atoms. The first-order valence-corrected chi connectivity index (χ1v) is 7.75. The molecule has 23 heavy (non-hydrogen) atoms. The highest BCUT2D eigenvalue weighted by molar-refractivity contribution is 5.81. The van der Waals surface area contributed by atoms with Gasteiger partial charge in [0.25, 0.3) is 0 Å². The first-order valence-electron chi connectivity index (χ1n) is 7.75. The van der Waals surface area contributed by atoms with Gasteiger partial charge in [-0.2, -0.15) is 0 Å². The van der Waals surface area contributed by atoms with Crippen molar-refractivity contribution in [3.05, 3.63) is 65.2 Å². The van der Waals surface area contributed by atoms with Gasteiger partial charge in [-0.15, -0.1) is 0 Å². The van der Waals surface area contributed by atoms with E-state index >= 15 is 0 Å². The van der Waals surface area contributed by atoms with E-state index in [-0.39, 0.29) is 19.0 Å². The molecule has 0 fully saturated rings. The summed E-state index contributed by atoms with van der Waals surface area (Å²) in [6.45, 7) is 6.06. The standard InChI is InChI=1S/C19H24N2O2/c1-14-8-7-9-15(2)18(14)20-12-17(22)21-13-19(3,23)16-10-5-4-6-11-16/h4-11,20,23H,12-13H2,1-3H3,(H,21,22). The van der Waals surface area contributed by atoms with Crippen LogP contribution in [0, 0.1) is 13.8 Å². The third-order valence-electron chi connectivity index (χ3n) is 3.93. The fourth-order valence-corrected chi connectivity index (χ4v) is 2.49. The SMILES string of the molecule is Cc1cccc(C)c1NCC(=O)NCC(C)(O)c1ccccc1. The molecule has 0 aliphatic heterocycles. The Labute approximate surface area is 137 Å². The molecule has 1 amide bonds. The van der Waals surface area contributed by atoms with E-state index in [9.17, 15) is 9.90 Å². The molecule has 0 aromatic heterocycles. The number of aliphatic hydroxyl groups is 1. The van der Waals surface area contributed by atoms with Crippen molar-refractivity contribution in [1.82, 2.24) is 5.32 Å². The largest absolute Gasteiger partial charge is 0.384 e. The third kappa shape index (κ3) is 4.57. The molecule has 3 N–H and O–H groups in total. The molecule has 0 aliphatic rings. The van der Waals surface area contributed by atoms with Gasteiger partial charge in [0, 0.05) is 5.69 Å². The quantitative estimate of drug-likeness (QED) is 0.768. The lowest BCUT2D eigenvalue weighted by molar-refractivity contribution is -0.120. The highest BCUT2D eigenvalue weighted by Crippen LogP contribution is 2.20. The topological polar surface area (TPSA) is 61.4 Å². The maximum Gasteiger partial charge on any atom is 0.239 e. The fourth-order valence-electron chi connectivity index (χ4n) is 2.49. The van der Waals surface area contributed by atoms with Crippen LogP contribution in [0.25, 0.3) is 0 Å². The van der Waals surface area contributed by atoms with E-state index in [1.165, 1.54) is 0 Å². The zero-order valence-electron chi connectivity index (χ0n) is 13.9. The maximum absolute atomic E-state index is 12.0. The van der Waals surface area contributed by atoms with Crippen molar-refractivity contribution in [2.45, 2.75) is 26.4 Å².